The van der Waals surface area contributed by atoms with Crippen molar-refractivity contribution in [1.82, 2.24) is 9.88 Å². The smallest absolute Gasteiger partial charge is 0.237 e. The Labute approximate surface area is 90.0 Å². The van der Waals surface area contributed by atoms with Gasteiger partial charge in [-0.3, -0.25) is 0 Å². The number of nitrogen functional groups attached to an aromatic ring is 1. The van der Waals surface area contributed by atoms with E-state index in [4.69, 9.17) is 10.5 Å². The predicted octanol–water partition coefficient (Wildman–Crippen LogP) is 0.703. The Morgan fingerprint density at radius 3 is 2.87 bits per heavy atom. The van der Waals surface area contributed by atoms with Crippen molar-refractivity contribution in [2.24, 2.45) is 0 Å². The van der Waals surface area contributed by atoms with Crippen LogP contribution in [0.2, 0.25) is 0 Å². The zero-order valence-corrected chi connectivity index (χ0v) is 9.29. The Hall–Kier alpha value is -1.29. The van der Waals surface area contributed by atoms with E-state index in [-0.39, 0.29) is 0 Å². The lowest BCUT2D eigenvalue weighted by Crippen LogP contribution is -2.20. The molecule has 15 heavy (non-hydrogen) atoms. The van der Waals surface area contributed by atoms with Gasteiger partial charge in [0.15, 0.2) is 0 Å². The normalized spacial score (nSPS) is 16.9. The van der Waals surface area contributed by atoms with Gasteiger partial charge in [0.1, 0.15) is 0 Å². The molecule has 0 fully saturated rings. The van der Waals surface area contributed by atoms with Gasteiger partial charge in [-0.05, 0) is 25.1 Å². The zero-order valence-electron chi connectivity index (χ0n) is 9.29. The number of hydrogen-bond donors (Lipinski definition) is 1. The number of rotatable bonds is 1. The van der Waals surface area contributed by atoms with Gasteiger partial charge in [0.2, 0.25) is 5.88 Å². The fourth-order valence-electron chi connectivity index (χ4n) is 1.91. The van der Waals surface area contributed by atoms with Gasteiger partial charge in [-0.2, -0.15) is 0 Å². The fourth-order valence-corrected chi connectivity index (χ4v) is 1.91. The molecule has 2 heterocycles. The fraction of sp³-hybridized carbons (Fsp3) is 0.545. The second kappa shape index (κ2) is 4.06. The number of pyridine rings is 1. The quantitative estimate of drug-likeness (QED) is 0.736. The number of likely N-dealkylation sites (N-methyl/N-ethyl adjacent to an activating group) is 1. The van der Waals surface area contributed by atoms with Crippen molar-refractivity contribution >= 4 is 5.69 Å². The van der Waals surface area contributed by atoms with E-state index in [9.17, 15) is 0 Å². The first-order valence-corrected chi connectivity index (χ1v) is 5.21. The third kappa shape index (κ3) is 2.04. The first kappa shape index (κ1) is 10.2. The highest BCUT2D eigenvalue weighted by atomic mass is 16.5. The summed E-state index contributed by atoms with van der Waals surface area (Å²) in [5.74, 6) is 0.554. The molecule has 1 aliphatic heterocycles. The van der Waals surface area contributed by atoms with Crippen molar-refractivity contribution < 1.29 is 4.74 Å². The van der Waals surface area contributed by atoms with E-state index in [1.165, 1.54) is 5.56 Å². The summed E-state index contributed by atoms with van der Waals surface area (Å²) in [4.78, 5) is 6.76. The summed E-state index contributed by atoms with van der Waals surface area (Å²) < 4.78 is 5.13. The Morgan fingerprint density at radius 1 is 1.40 bits per heavy atom. The maximum atomic E-state index is 5.84. The molecule has 82 valence electrons. The molecule has 1 aromatic heterocycles. The highest BCUT2D eigenvalue weighted by Crippen LogP contribution is 2.24. The molecule has 0 unspecified atom stereocenters. The molecule has 0 spiro atoms. The summed E-state index contributed by atoms with van der Waals surface area (Å²) in [5.41, 5.74) is 8.87. The number of ether oxygens (including phenoxy) is 1. The molecule has 0 saturated heterocycles. The minimum Gasteiger partial charge on any atom is -0.480 e. The van der Waals surface area contributed by atoms with Crippen LogP contribution in [-0.2, 0) is 12.8 Å². The maximum Gasteiger partial charge on any atom is 0.237 e. The Morgan fingerprint density at radius 2 is 2.13 bits per heavy atom. The van der Waals surface area contributed by atoms with Crippen LogP contribution in [0.15, 0.2) is 6.07 Å². The molecule has 1 aliphatic rings. The van der Waals surface area contributed by atoms with Crippen molar-refractivity contribution in [3.05, 3.63) is 17.3 Å². The van der Waals surface area contributed by atoms with Gasteiger partial charge in [-0.15, -0.1) is 0 Å². The maximum absolute atomic E-state index is 5.84. The Bertz CT molecular complexity index is 365. The molecule has 0 atom stereocenters. The largest absolute Gasteiger partial charge is 0.480 e. The lowest BCUT2D eigenvalue weighted by Gasteiger charge is -2.10. The number of nitrogens with two attached hydrogens (primary N) is 1. The van der Waals surface area contributed by atoms with Gasteiger partial charge in [0.05, 0.1) is 12.8 Å². The van der Waals surface area contributed by atoms with Crippen LogP contribution in [0.25, 0.3) is 0 Å². The van der Waals surface area contributed by atoms with Crippen LogP contribution in [-0.4, -0.2) is 37.1 Å². The van der Waals surface area contributed by atoms with Gasteiger partial charge in [0, 0.05) is 25.2 Å². The SMILES string of the molecule is COc1nc2c(cc1N)CCN(C)CC2. The first-order valence-electron chi connectivity index (χ1n) is 5.21. The highest BCUT2D eigenvalue weighted by Gasteiger charge is 2.14. The van der Waals surface area contributed by atoms with E-state index in [0.717, 1.165) is 31.6 Å². The zero-order chi connectivity index (χ0) is 10.8. The van der Waals surface area contributed by atoms with Crippen LogP contribution < -0.4 is 10.5 Å². The summed E-state index contributed by atoms with van der Waals surface area (Å²) >= 11 is 0. The second-order valence-electron chi connectivity index (χ2n) is 4.00. The van der Waals surface area contributed by atoms with Crippen LogP contribution in [0.1, 0.15) is 11.3 Å². The summed E-state index contributed by atoms with van der Waals surface area (Å²) in [5, 5.41) is 0. The predicted molar refractivity (Wildman–Crippen MR) is 60.1 cm³/mol. The van der Waals surface area contributed by atoms with Crippen molar-refractivity contribution in [3.63, 3.8) is 0 Å². The van der Waals surface area contributed by atoms with Gasteiger partial charge >= 0.3 is 0 Å². The lowest BCUT2D eigenvalue weighted by molar-refractivity contribution is 0.351. The number of aromatic nitrogens is 1. The van der Waals surface area contributed by atoms with E-state index < -0.39 is 0 Å². The van der Waals surface area contributed by atoms with Crippen molar-refractivity contribution in [3.8, 4) is 5.88 Å². The van der Waals surface area contributed by atoms with Crippen molar-refractivity contribution in [2.75, 3.05) is 33.0 Å². The third-order valence-corrected chi connectivity index (χ3v) is 2.87. The molecule has 0 saturated carbocycles. The summed E-state index contributed by atoms with van der Waals surface area (Å²) in [6.07, 6.45) is 2.00. The minimum absolute atomic E-state index is 0.554. The Balaban J connectivity index is 2.36. The standard InChI is InChI=1S/C11H17N3O/c1-14-5-3-8-7-9(12)11(15-2)13-10(8)4-6-14/h7H,3-6,12H2,1-2H3. The molecule has 2 rings (SSSR count). The highest BCUT2D eigenvalue weighted by molar-refractivity contribution is 5.51. The second-order valence-corrected chi connectivity index (χ2v) is 4.00. The monoisotopic (exact) mass is 207 g/mol. The van der Waals surface area contributed by atoms with Gasteiger partial charge < -0.3 is 15.4 Å². The minimum atomic E-state index is 0.554. The van der Waals surface area contributed by atoms with Gasteiger partial charge in [0.25, 0.3) is 0 Å². The van der Waals surface area contributed by atoms with E-state index in [0.29, 0.717) is 11.6 Å². The average Bonchev–Trinajstić information content (AvgIpc) is 2.40. The molecule has 0 amide bonds. The molecule has 1 aromatic rings. The first-order chi connectivity index (χ1) is 7.20. The van der Waals surface area contributed by atoms with Gasteiger partial charge in [-0.25, -0.2) is 4.98 Å². The van der Waals surface area contributed by atoms with E-state index in [1.54, 1.807) is 7.11 Å². The Kier molecular flexibility index (Phi) is 2.77. The van der Waals surface area contributed by atoms with Crippen LogP contribution in [0.3, 0.4) is 0 Å². The molecule has 4 nitrogen and oxygen atoms in total. The van der Waals surface area contributed by atoms with Crippen molar-refractivity contribution in [2.45, 2.75) is 12.8 Å². The van der Waals surface area contributed by atoms with Gasteiger partial charge in [-0.1, -0.05) is 0 Å². The van der Waals surface area contributed by atoms with Crippen LogP contribution in [0.5, 0.6) is 5.88 Å². The van der Waals surface area contributed by atoms with E-state index in [2.05, 4.69) is 16.9 Å². The van der Waals surface area contributed by atoms with E-state index in [1.807, 2.05) is 6.07 Å². The summed E-state index contributed by atoms with van der Waals surface area (Å²) in [6, 6.07) is 2.00. The number of methoxy groups -OCH3 is 1. The number of anilines is 1. The molecular formula is C11H17N3O. The molecule has 2 N–H and O–H groups in total. The number of hydrogen-bond acceptors (Lipinski definition) is 4. The molecular weight excluding hydrogens is 190 g/mol. The van der Waals surface area contributed by atoms with Crippen LogP contribution in [0.4, 0.5) is 5.69 Å². The molecule has 0 bridgehead atoms. The van der Waals surface area contributed by atoms with Crippen molar-refractivity contribution in [1.29, 1.82) is 0 Å². The summed E-state index contributed by atoms with van der Waals surface area (Å²) in [6.45, 7) is 2.12. The van der Waals surface area contributed by atoms with Crippen LogP contribution >= 0.6 is 0 Å². The number of nitrogens with zero attached hydrogens (tertiary/aromatic N) is 2. The third-order valence-electron chi connectivity index (χ3n) is 2.87. The molecule has 0 aromatic carbocycles. The lowest BCUT2D eigenvalue weighted by atomic mass is 10.1. The van der Waals surface area contributed by atoms with Crippen LogP contribution in [0, 0.1) is 0 Å². The molecule has 0 radical (unpaired) electrons. The molecule has 0 aliphatic carbocycles. The molecule has 4 heteroatoms. The summed E-state index contributed by atoms with van der Waals surface area (Å²) in [7, 11) is 3.74. The van der Waals surface area contributed by atoms with E-state index >= 15 is 0 Å². The average molecular weight is 207 g/mol. The number of fused-ring (bicyclic) bond motifs is 1. The topological polar surface area (TPSA) is 51.4 Å².